The topological polar surface area (TPSA) is 63.6 Å². The van der Waals surface area contributed by atoms with Gasteiger partial charge in [-0.2, -0.15) is 0 Å². The fourth-order valence-electron chi connectivity index (χ4n) is 1.34. The van der Waals surface area contributed by atoms with E-state index in [-0.39, 0.29) is 6.42 Å². The summed E-state index contributed by atoms with van der Waals surface area (Å²) in [6, 6.07) is 9.45. The number of allylic oxidation sites excluding steroid dienone is 1. The maximum absolute atomic E-state index is 11.2. The van der Waals surface area contributed by atoms with Crippen LogP contribution in [0, 0.1) is 5.92 Å². The molecule has 0 heterocycles. The normalized spacial score (nSPS) is 12.3. The quantitative estimate of drug-likeness (QED) is 0.625. The smallest absolute Gasteiger partial charge is 0.320 e. The van der Waals surface area contributed by atoms with E-state index in [1.165, 1.54) is 7.11 Å². The Labute approximate surface area is 99.5 Å². The highest BCUT2D eigenvalue weighted by atomic mass is 16.5. The van der Waals surface area contributed by atoms with Crippen molar-refractivity contribution in [1.29, 1.82) is 0 Å². The molecule has 0 aromatic heterocycles. The number of carbonyl (C=O) groups excluding carboxylic acids is 1. The average Bonchev–Trinajstić information content (AvgIpc) is 2.34. The van der Waals surface area contributed by atoms with Gasteiger partial charge in [0.05, 0.1) is 7.11 Å². The third-order valence-electron chi connectivity index (χ3n) is 2.27. The number of carbonyl (C=O) groups is 2. The summed E-state index contributed by atoms with van der Waals surface area (Å²) in [5, 5.41) is 8.84. The minimum atomic E-state index is -1.17. The minimum Gasteiger partial charge on any atom is -0.481 e. The van der Waals surface area contributed by atoms with Crippen LogP contribution in [0.2, 0.25) is 0 Å². The highest BCUT2D eigenvalue weighted by Crippen LogP contribution is 2.09. The number of hydrogen-bond acceptors (Lipinski definition) is 3. The first-order valence-electron chi connectivity index (χ1n) is 5.17. The van der Waals surface area contributed by atoms with Gasteiger partial charge in [0.25, 0.3) is 0 Å². The second-order valence-corrected chi connectivity index (χ2v) is 3.46. The number of carboxylic acids is 1. The number of benzene rings is 1. The molecule has 1 atom stereocenters. The van der Waals surface area contributed by atoms with Crippen molar-refractivity contribution in [2.75, 3.05) is 7.11 Å². The number of aliphatic carboxylic acids is 1. The Kier molecular flexibility index (Phi) is 4.94. The molecule has 0 bridgehead atoms. The predicted molar refractivity (Wildman–Crippen MR) is 63.2 cm³/mol. The van der Waals surface area contributed by atoms with Gasteiger partial charge in [-0.1, -0.05) is 42.5 Å². The standard InChI is InChI=1S/C13H14O4/c1-17-13(16)11(12(14)15)9-5-8-10-6-3-2-4-7-10/h2-8,11H,9H2,1H3,(H,14,15)/b8-5+. The summed E-state index contributed by atoms with van der Waals surface area (Å²) in [5.74, 6) is -3.04. The Morgan fingerprint density at radius 2 is 2.00 bits per heavy atom. The number of methoxy groups -OCH3 is 1. The summed E-state index contributed by atoms with van der Waals surface area (Å²) in [5.41, 5.74) is 0.960. The zero-order valence-electron chi connectivity index (χ0n) is 9.50. The Hall–Kier alpha value is -2.10. The number of ether oxygens (including phenoxy) is 1. The lowest BCUT2D eigenvalue weighted by atomic mass is 10.1. The molecule has 0 aliphatic heterocycles. The van der Waals surface area contributed by atoms with E-state index in [9.17, 15) is 9.59 Å². The molecule has 1 rings (SSSR count). The van der Waals surface area contributed by atoms with E-state index in [4.69, 9.17) is 5.11 Å². The fourth-order valence-corrected chi connectivity index (χ4v) is 1.34. The number of esters is 1. The molecular formula is C13H14O4. The summed E-state index contributed by atoms with van der Waals surface area (Å²) >= 11 is 0. The van der Waals surface area contributed by atoms with Gasteiger partial charge in [-0.3, -0.25) is 9.59 Å². The van der Waals surface area contributed by atoms with Gasteiger partial charge in [-0.05, 0) is 12.0 Å². The molecule has 0 aliphatic rings. The lowest BCUT2D eigenvalue weighted by Crippen LogP contribution is -2.24. The van der Waals surface area contributed by atoms with Gasteiger partial charge in [0.1, 0.15) is 0 Å². The summed E-state index contributed by atoms with van der Waals surface area (Å²) < 4.78 is 4.42. The van der Waals surface area contributed by atoms with Crippen LogP contribution in [0.1, 0.15) is 12.0 Å². The van der Waals surface area contributed by atoms with Gasteiger partial charge in [0.15, 0.2) is 5.92 Å². The first kappa shape index (κ1) is 13.0. The Morgan fingerprint density at radius 3 is 2.53 bits per heavy atom. The number of rotatable bonds is 5. The van der Waals surface area contributed by atoms with E-state index < -0.39 is 17.9 Å². The second kappa shape index (κ2) is 6.48. The Bertz CT molecular complexity index is 409. The molecule has 4 heteroatoms. The largest absolute Gasteiger partial charge is 0.481 e. The van der Waals surface area contributed by atoms with Crippen LogP contribution in [-0.2, 0) is 14.3 Å². The molecule has 0 fully saturated rings. The molecule has 1 unspecified atom stereocenters. The third kappa shape index (κ3) is 4.10. The summed E-state index contributed by atoms with van der Waals surface area (Å²) in [6.07, 6.45) is 3.56. The maximum atomic E-state index is 11.2. The van der Waals surface area contributed by atoms with Gasteiger partial charge < -0.3 is 9.84 Å². The van der Waals surface area contributed by atoms with Crippen LogP contribution in [0.15, 0.2) is 36.4 Å². The average molecular weight is 234 g/mol. The van der Waals surface area contributed by atoms with Crippen molar-refractivity contribution in [3.05, 3.63) is 42.0 Å². The highest BCUT2D eigenvalue weighted by molar-refractivity contribution is 5.94. The molecule has 1 aromatic rings. The first-order valence-corrected chi connectivity index (χ1v) is 5.17. The van der Waals surface area contributed by atoms with Crippen LogP contribution in [0.25, 0.3) is 6.08 Å². The monoisotopic (exact) mass is 234 g/mol. The molecule has 0 saturated carbocycles. The molecular weight excluding hydrogens is 220 g/mol. The van der Waals surface area contributed by atoms with E-state index in [0.29, 0.717) is 0 Å². The SMILES string of the molecule is COC(=O)C(C/C=C/c1ccccc1)C(=O)O. The molecule has 1 aromatic carbocycles. The van der Waals surface area contributed by atoms with Gasteiger partial charge in [-0.15, -0.1) is 0 Å². The molecule has 1 N–H and O–H groups in total. The second-order valence-electron chi connectivity index (χ2n) is 3.46. The molecule has 90 valence electrons. The van der Waals surface area contributed by atoms with Gasteiger partial charge in [-0.25, -0.2) is 0 Å². The van der Waals surface area contributed by atoms with Crippen LogP contribution < -0.4 is 0 Å². The molecule has 0 saturated heterocycles. The zero-order chi connectivity index (χ0) is 12.7. The van der Waals surface area contributed by atoms with Crippen molar-refractivity contribution in [1.82, 2.24) is 0 Å². The predicted octanol–water partition coefficient (Wildman–Crippen LogP) is 1.96. The van der Waals surface area contributed by atoms with E-state index in [1.54, 1.807) is 12.2 Å². The van der Waals surface area contributed by atoms with Crippen LogP contribution in [0.5, 0.6) is 0 Å². The number of carboxylic acid groups (broad SMARTS) is 1. The van der Waals surface area contributed by atoms with E-state index in [2.05, 4.69) is 4.74 Å². The van der Waals surface area contributed by atoms with Crippen LogP contribution >= 0.6 is 0 Å². The zero-order valence-corrected chi connectivity index (χ0v) is 9.50. The fraction of sp³-hybridized carbons (Fsp3) is 0.231. The lowest BCUT2D eigenvalue weighted by molar-refractivity contribution is -0.156. The van der Waals surface area contributed by atoms with Crippen molar-refractivity contribution in [2.24, 2.45) is 5.92 Å². The molecule has 17 heavy (non-hydrogen) atoms. The summed E-state index contributed by atoms with van der Waals surface area (Å²) in [6.45, 7) is 0. The van der Waals surface area contributed by atoms with Gasteiger partial charge >= 0.3 is 11.9 Å². The van der Waals surface area contributed by atoms with Crippen molar-refractivity contribution in [2.45, 2.75) is 6.42 Å². The van der Waals surface area contributed by atoms with Crippen LogP contribution in [0.3, 0.4) is 0 Å². The molecule has 4 nitrogen and oxygen atoms in total. The van der Waals surface area contributed by atoms with Crippen molar-refractivity contribution < 1.29 is 19.4 Å². The van der Waals surface area contributed by atoms with Crippen molar-refractivity contribution in [3.63, 3.8) is 0 Å². The van der Waals surface area contributed by atoms with E-state index >= 15 is 0 Å². The molecule has 0 spiro atoms. The third-order valence-corrected chi connectivity index (χ3v) is 2.27. The van der Waals surface area contributed by atoms with Crippen molar-refractivity contribution >= 4 is 18.0 Å². The van der Waals surface area contributed by atoms with Crippen molar-refractivity contribution in [3.8, 4) is 0 Å². The van der Waals surface area contributed by atoms with E-state index in [1.807, 2.05) is 30.3 Å². The Balaban J connectivity index is 2.61. The molecule has 0 amide bonds. The number of hydrogen-bond donors (Lipinski definition) is 1. The van der Waals surface area contributed by atoms with Crippen LogP contribution in [0.4, 0.5) is 0 Å². The lowest BCUT2D eigenvalue weighted by Gasteiger charge is -2.06. The van der Waals surface area contributed by atoms with Crippen LogP contribution in [-0.4, -0.2) is 24.2 Å². The maximum Gasteiger partial charge on any atom is 0.320 e. The highest BCUT2D eigenvalue weighted by Gasteiger charge is 2.25. The Morgan fingerprint density at radius 1 is 1.35 bits per heavy atom. The van der Waals surface area contributed by atoms with E-state index in [0.717, 1.165) is 5.56 Å². The first-order chi connectivity index (χ1) is 8.15. The van der Waals surface area contributed by atoms with Gasteiger partial charge in [0, 0.05) is 0 Å². The minimum absolute atomic E-state index is 0.122. The molecule has 0 aliphatic carbocycles. The summed E-state index contributed by atoms with van der Waals surface area (Å²) in [4.78, 5) is 22.0. The van der Waals surface area contributed by atoms with Gasteiger partial charge in [0.2, 0.25) is 0 Å². The summed E-state index contributed by atoms with van der Waals surface area (Å²) in [7, 11) is 1.18. The molecule has 0 radical (unpaired) electrons.